The summed E-state index contributed by atoms with van der Waals surface area (Å²) in [7, 11) is 0. The van der Waals surface area contributed by atoms with Crippen LogP contribution in [0.25, 0.3) is 11.3 Å². The normalized spacial score (nSPS) is 10.8. The number of carbonyl (C=O) groups excluding carboxylic acids is 1. The number of aryl methyl sites for hydroxylation is 2. The van der Waals surface area contributed by atoms with E-state index in [9.17, 15) is 4.79 Å². The van der Waals surface area contributed by atoms with Gasteiger partial charge in [-0.2, -0.15) is 0 Å². The Kier molecular flexibility index (Phi) is 6.77. The molecule has 2 N–H and O–H groups in total. The summed E-state index contributed by atoms with van der Waals surface area (Å²) in [5.74, 6) is 0.406. The van der Waals surface area contributed by atoms with Crippen LogP contribution < -0.4 is 10.6 Å². The van der Waals surface area contributed by atoms with E-state index in [0.717, 1.165) is 28.1 Å². The van der Waals surface area contributed by atoms with Crippen molar-refractivity contribution in [2.45, 2.75) is 34.1 Å². The average Bonchev–Trinajstić information content (AvgIpc) is 3.02. The lowest BCUT2D eigenvalue weighted by molar-refractivity contribution is 0.0977. The van der Waals surface area contributed by atoms with Crippen molar-refractivity contribution in [1.82, 2.24) is 10.3 Å². The predicted molar refractivity (Wildman–Crippen MR) is 126 cm³/mol. The topological polar surface area (TPSA) is 54.0 Å². The summed E-state index contributed by atoms with van der Waals surface area (Å²) in [5, 5.41) is 6.67. The number of nitrogens with zero attached hydrogens (tertiary/aromatic N) is 1. The number of anilines is 1. The molecule has 0 atom stereocenters. The molecule has 150 valence electrons. The van der Waals surface area contributed by atoms with Crippen LogP contribution in [0.2, 0.25) is 0 Å². The Hall–Kier alpha value is -2.57. The van der Waals surface area contributed by atoms with Gasteiger partial charge in [-0.15, -0.1) is 11.3 Å². The molecule has 0 radical (unpaired) electrons. The van der Waals surface area contributed by atoms with E-state index in [1.54, 1.807) is 6.07 Å². The SMILES string of the molecule is Cc1ccccc1C(=O)NC(=S)Nc1nc(-c2ccc(CC(C)C)cc2)c(C)s1. The van der Waals surface area contributed by atoms with E-state index >= 15 is 0 Å². The second kappa shape index (κ2) is 9.29. The fourth-order valence-electron chi connectivity index (χ4n) is 3.11. The minimum atomic E-state index is -0.227. The molecule has 2 aromatic carbocycles. The van der Waals surface area contributed by atoms with E-state index in [2.05, 4.69) is 53.7 Å². The molecule has 0 aliphatic heterocycles. The molecule has 0 aliphatic rings. The fourth-order valence-corrected chi connectivity index (χ4v) is 4.21. The van der Waals surface area contributed by atoms with Gasteiger partial charge in [0, 0.05) is 16.0 Å². The molecule has 6 heteroatoms. The van der Waals surface area contributed by atoms with Crippen molar-refractivity contribution < 1.29 is 4.79 Å². The van der Waals surface area contributed by atoms with E-state index < -0.39 is 0 Å². The third-order valence-corrected chi connectivity index (χ3v) is 5.60. The second-order valence-corrected chi connectivity index (χ2v) is 9.05. The standard InChI is InChI=1S/C23H25N3OS2/c1-14(2)13-17-9-11-18(12-10-17)20-16(4)29-23(24-20)26-22(28)25-21(27)19-8-6-5-7-15(19)3/h5-12,14H,13H2,1-4H3,(H2,24,25,26,27,28). The molecule has 0 saturated carbocycles. The molecule has 4 nitrogen and oxygen atoms in total. The first-order valence-corrected chi connectivity index (χ1v) is 10.8. The third kappa shape index (κ3) is 5.49. The first-order chi connectivity index (χ1) is 13.8. The van der Waals surface area contributed by atoms with Crippen LogP contribution in [0.1, 0.15) is 40.2 Å². The van der Waals surface area contributed by atoms with Gasteiger partial charge in [-0.05, 0) is 55.6 Å². The zero-order valence-corrected chi connectivity index (χ0v) is 18.7. The maximum Gasteiger partial charge on any atom is 0.257 e. The highest BCUT2D eigenvalue weighted by Crippen LogP contribution is 2.30. The largest absolute Gasteiger partial charge is 0.308 e. The summed E-state index contributed by atoms with van der Waals surface area (Å²) in [4.78, 5) is 18.2. The fraction of sp³-hybridized carbons (Fsp3) is 0.261. The summed E-state index contributed by atoms with van der Waals surface area (Å²) < 4.78 is 0. The van der Waals surface area contributed by atoms with Crippen molar-refractivity contribution in [3.63, 3.8) is 0 Å². The molecule has 3 rings (SSSR count). The van der Waals surface area contributed by atoms with Crippen LogP contribution in [0.3, 0.4) is 0 Å². The van der Waals surface area contributed by atoms with Crippen molar-refractivity contribution in [3.8, 4) is 11.3 Å². The molecule has 0 aliphatic carbocycles. The maximum atomic E-state index is 12.4. The molecule has 29 heavy (non-hydrogen) atoms. The lowest BCUT2D eigenvalue weighted by Crippen LogP contribution is -2.34. The summed E-state index contributed by atoms with van der Waals surface area (Å²) in [6.07, 6.45) is 1.07. The monoisotopic (exact) mass is 423 g/mol. The molecule has 0 saturated heterocycles. The van der Waals surface area contributed by atoms with E-state index in [1.807, 2.05) is 32.0 Å². The van der Waals surface area contributed by atoms with Gasteiger partial charge in [-0.1, -0.05) is 56.3 Å². The maximum absolute atomic E-state index is 12.4. The first kappa shape index (κ1) is 21.1. The van der Waals surface area contributed by atoms with Gasteiger partial charge in [0.15, 0.2) is 10.2 Å². The Morgan fingerprint density at radius 3 is 2.45 bits per heavy atom. The molecule has 0 spiro atoms. The molecule has 0 unspecified atom stereocenters. The van der Waals surface area contributed by atoms with Gasteiger partial charge in [0.2, 0.25) is 0 Å². The molecule has 1 heterocycles. The number of carbonyl (C=O) groups is 1. The minimum absolute atomic E-state index is 0.227. The van der Waals surface area contributed by atoms with E-state index in [4.69, 9.17) is 12.2 Å². The van der Waals surface area contributed by atoms with Crippen LogP contribution in [-0.4, -0.2) is 16.0 Å². The number of thiocarbonyl (C=S) groups is 1. The van der Waals surface area contributed by atoms with E-state index in [0.29, 0.717) is 16.6 Å². The lowest BCUT2D eigenvalue weighted by atomic mass is 10.0. The Bertz CT molecular complexity index is 1020. The van der Waals surface area contributed by atoms with Gasteiger partial charge >= 0.3 is 0 Å². The number of rotatable bonds is 5. The number of thiazole rings is 1. The Morgan fingerprint density at radius 2 is 1.79 bits per heavy atom. The molecular weight excluding hydrogens is 398 g/mol. The van der Waals surface area contributed by atoms with E-state index in [1.165, 1.54) is 16.9 Å². The number of aromatic nitrogens is 1. The van der Waals surface area contributed by atoms with Gasteiger partial charge in [-0.3, -0.25) is 10.1 Å². The van der Waals surface area contributed by atoms with Crippen molar-refractivity contribution >= 4 is 39.7 Å². The second-order valence-electron chi connectivity index (χ2n) is 7.44. The van der Waals surface area contributed by atoms with Crippen LogP contribution in [0.5, 0.6) is 0 Å². The number of hydrogen-bond donors (Lipinski definition) is 2. The van der Waals surface area contributed by atoms with Crippen molar-refractivity contribution in [1.29, 1.82) is 0 Å². The summed E-state index contributed by atoms with van der Waals surface area (Å²) in [6.45, 7) is 8.37. The minimum Gasteiger partial charge on any atom is -0.308 e. The van der Waals surface area contributed by atoms with Crippen LogP contribution in [0, 0.1) is 19.8 Å². The van der Waals surface area contributed by atoms with Gasteiger partial charge in [-0.25, -0.2) is 4.98 Å². The highest BCUT2D eigenvalue weighted by Gasteiger charge is 2.14. The van der Waals surface area contributed by atoms with Gasteiger partial charge in [0.05, 0.1) is 5.69 Å². The molecule has 1 aromatic heterocycles. The Balaban J connectivity index is 1.68. The van der Waals surface area contributed by atoms with Gasteiger partial charge in [0.1, 0.15) is 0 Å². The number of benzene rings is 2. The van der Waals surface area contributed by atoms with Gasteiger partial charge < -0.3 is 5.32 Å². The summed E-state index contributed by atoms with van der Waals surface area (Å²) >= 11 is 6.82. The highest BCUT2D eigenvalue weighted by atomic mass is 32.1. The van der Waals surface area contributed by atoms with Gasteiger partial charge in [0.25, 0.3) is 5.91 Å². The van der Waals surface area contributed by atoms with E-state index in [-0.39, 0.29) is 11.0 Å². The molecule has 1 amide bonds. The molecule has 0 bridgehead atoms. The van der Waals surface area contributed by atoms with Crippen LogP contribution in [0.4, 0.5) is 5.13 Å². The third-order valence-electron chi connectivity index (χ3n) is 4.51. The van der Waals surface area contributed by atoms with Crippen LogP contribution in [0.15, 0.2) is 48.5 Å². The predicted octanol–water partition coefficient (Wildman–Crippen LogP) is 5.75. The molecule has 0 fully saturated rings. The zero-order valence-electron chi connectivity index (χ0n) is 17.1. The smallest absolute Gasteiger partial charge is 0.257 e. The van der Waals surface area contributed by atoms with Crippen molar-refractivity contribution in [2.24, 2.45) is 5.92 Å². The summed E-state index contributed by atoms with van der Waals surface area (Å²) in [5.41, 5.74) is 4.85. The van der Waals surface area contributed by atoms with Crippen LogP contribution >= 0.6 is 23.6 Å². The number of nitrogens with one attached hydrogen (secondary N) is 2. The quantitative estimate of drug-likeness (QED) is 0.513. The lowest BCUT2D eigenvalue weighted by Gasteiger charge is -2.09. The summed E-state index contributed by atoms with van der Waals surface area (Å²) in [6, 6.07) is 16.0. The Morgan fingerprint density at radius 1 is 1.10 bits per heavy atom. The zero-order chi connectivity index (χ0) is 21.0. The molecular formula is C23H25N3OS2. The van der Waals surface area contributed by atoms with Crippen molar-refractivity contribution in [2.75, 3.05) is 5.32 Å². The number of amides is 1. The Labute approximate surface area is 181 Å². The first-order valence-electron chi connectivity index (χ1n) is 9.58. The average molecular weight is 424 g/mol. The molecule has 3 aromatic rings. The highest BCUT2D eigenvalue weighted by molar-refractivity contribution is 7.80. The van der Waals surface area contributed by atoms with Crippen LogP contribution in [-0.2, 0) is 6.42 Å². The van der Waals surface area contributed by atoms with Crippen molar-refractivity contribution in [3.05, 3.63) is 70.1 Å². The number of hydrogen-bond acceptors (Lipinski definition) is 4.